The number of hydrazine groups is 1. The molecule has 138 valence electrons. The zero-order valence-electron chi connectivity index (χ0n) is 14.6. The fraction of sp³-hybridized carbons (Fsp3) is 0.647. The van der Waals surface area contributed by atoms with E-state index in [1.807, 2.05) is 11.9 Å². The summed E-state index contributed by atoms with van der Waals surface area (Å²) in [5.41, 5.74) is 5.01. The Morgan fingerprint density at radius 3 is 2.80 bits per heavy atom. The van der Waals surface area contributed by atoms with Gasteiger partial charge >= 0.3 is 5.97 Å². The van der Waals surface area contributed by atoms with Gasteiger partial charge in [-0.15, -0.1) is 11.3 Å². The van der Waals surface area contributed by atoms with Gasteiger partial charge in [0, 0.05) is 18.0 Å². The summed E-state index contributed by atoms with van der Waals surface area (Å²) in [4.78, 5) is 13.8. The fourth-order valence-corrected chi connectivity index (χ4v) is 4.78. The van der Waals surface area contributed by atoms with Crippen LogP contribution in [0.5, 0.6) is 0 Å². The van der Waals surface area contributed by atoms with Gasteiger partial charge in [-0.25, -0.2) is 9.80 Å². The highest BCUT2D eigenvalue weighted by Gasteiger charge is 2.26. The number of carbonyl (C=O) groups excluding carboxylic acids is 1. The molecule has 8 heteroatoms. The Labute approximate surface area is 157 Å². The first-order chi connectivity index (χ1) is 12.2. The Kier molecular flexibility index (Phi) is 6.63. The third kappa shape index (κ3) is 4.69. The van der Waals surface area contributed by atoms with Gasteiger partial charge in [0.2, 0.25) is 0 Å². The van der Waals surface area contributed by atoms with Crippen LogP contribution in [0.15, 0.2) is 0 Å². The van der Waals surface area contributed by atoms with Crippen molar-refractivity contribution in [1.29, 1.82) is 0 Å². The number of nitrogens with one attached hydrogen (secondary N) is 2. The minimum absolute atomic E-state index is 0.251. The van der Waals surface area contributed by atoms with E-state index in [2.05, 4.69) is 10.7 Å². The maximum Gasteiger partial charge on any atom is 0.341 e. The topological polar surface area (TPSA) is 62.8 Å². The average Bonchev–Trinajstić information content (AvgIpc) is 2.77. The van der Waals surface area contributed by atoms with Crippen molar-refractivity contribution in [2.24, 2.45) is 0 Å². The molecule has 25 heavy (non-hydrogen) atoms. The van der Waals surface area contributed by atoms with Crippen molar-refractivity contribution >= 4 is 39.6 Å². The number of thiophene rings is 1. The monoisotopic (exact) mass is 383 g/mol. The largest absolute Gasteiger partial charge is 0.462 e. The highest BCUT2D eigenvalue weighted by molar-refractivity contribution is 7.80. The van der Waals surface area contributed by atoms with Gasteiger partial charge in [-0.1, -0.05) is 6.42 Å². The van der Waals surface area contributed by atoms with Crippen LogP contribution < -0.4 is 10.7 Å². The molecule has 0 radical (unpaired) electrons. The average molecular weight is 384 g/mol. The molecule has 0 spiro atoms. The zero-order chi connectivity index (χ0) is 17.6. The highest BCUT2D eigenvalue weighted by Crippen LogP contribution is 2.38. The molecule has 0 aromatic carbocycles. The number of anilines is 1. The standard InChI is InChI=1S/C17H25N3O3S2/c1-2-23-16(21)14-12-6-4-3-5-7-13(12)25-15(14)18-17(24)19-20-8-10-22-11-9-20/h2-11H2,1H3,(H2,18,19,24). The maximum absolute atomic E-state index is 12.5. The summed E-state index contributed by atoms with van der Waals surface area (Å²) >= 11 is 7.08. The molecule has 0 bridgehead atoms. The van der Waals surface area contributed by atoms with E-state index in [4.69, 9.17) is 21.7 Å². The molecule has 1 aliphatic heterocycles. The molecule has 2 aliphatic rings. The lowest BCUT2D eigenvalue weighted by molar-refractivity contribution is 0.0252. The Morgan fingerprint density at radius 1 is 1.28 bits per heavy atom. The maximum atomic E-state index is 12.5. The lowest BCUT2D eigenvalue weighted by atomic mass is 10.1. The van der Waals surface area contributed by atoms with Gasteiger partial charge in [0.05, 0.1) is 25.4 Å². The lowest BCUT2D eigenvalue weighted by Gasteiger charge is -2.28. The second-order valence-electron chi connectivity index (χ2n) is 6.15. The second-order valence-corrected chi connectivity index (χ2v) is 7.67. The molecule has 0 saturated carbocycles. The number of morpholine rings is 1. The van der Waals surface area contributed by atoms with Crippen LogP contribution in [-0.4, -0.2) is 49.0 Å². The Hall–Kier alpha value is -1.22. The molecule has 0 atom stereocenters. The predicted molar refractivity (Wildman–Crippen MR) is 103 cm³/mol. The smallest absolute Gasteiger partial charge is 0.341 e. The van der Waals surface area contributed by atoms with Crippen molar-refractivity contribution in [2.75, 3.05) is 38.2 Å². The van der Waals surface area contributed by atoms with Crippen LogP contribution in [0, 0.1) is 0 Å². The van der Waals surface area contributed by atoms with Crippen LogP contribution in [0.3, 0.4) is 0 Å². The quantitative estimate of drug-likeness (QED) is 0.471. The van der Waals surface area contributed by atoms with Crippen molar-refractivity contribution in [3.8, 4) is 0 Å². The second kappa shape index (κ2) is 8.93. The highest BCUT2D eigenvalue weighted by atomic mass is 32.1. The first-order valence-corrected chi connectivity index (χ1v) is 10.1. The van der Waals surface area contributed by atoms with Crippen LogP contribution in [0.1, 0.15) is 47.0 Å². The van der Waals surface area contributed by atoms with Crippen molar-refractivity contribution in [2.45, 2.75) is 39.0 Å². The molecule has 1 saturated heterocycles. The predicted octanol–water partition coefficient (Wildman–Crippen LogP) is 2.73. The summed E-state index contributed by atoms with van der Waals surface area (Å²) in [7, 11) is 0. The molecule has 1 aromatic rings. The first kappa shape index (κ1) is 18.6. The summed E-state index contributed by atoms with van der Waals surface area (Å²) in [6, 6.07) is 0. The van der Waals surface area contributed by atoms with Gasteiger partial charge < -0.3 is 14.8 Å². The van der Waals surface area contributed by atoms with Crippen LogP contribution in [-0.2, 0) is 22.3 Å². The molecule has 1 fully saturated rings. The Morgan fingerprint density at radius 2 is 2.04 bits per heavy atom. The number of fused-ring (bicyclic) bond motifs is 1. The summed E-state index contributed by atoms with van der Waals surface area (Å²) in [5.74, 6) is -0.251. The number of rotatable bonds is 4. The minimum atomic E-state index is -0.251. The molecule has 1 aliphatic carbocycles. The van der Waals surface area contributed by atoms with E-state index in [0.717, 1.165) is 42.9 Å². The number of aryl methyl sites for hydroxylation is 1. The van der Waals surface area contributed by atoms with Crippen LogP contribution in [0.2, 0.25) is 0 Å². The molecule has 1 aromatic heterocycles. The zero-order valence-corrected chi connectivity index (χ0v) is 16.2. The first-order valence-electron chi connectivity index (χ1n) is 8.91. The normalized spacial score (nSPS) is 18.1. The van der Waals surface area contributed by atoms with Gasteiger partial charge in [-0.3, -0.25) is 5.43 Å². The Balaban J connectivity index is 1.77. The molecule has 6 nitrogen and oxygen atoms in total. The van der Waals surface area contributed by atoms with Gasteiger partial charge in [0.1, 0.15) is 5.00 Å². The summed E-state index contributed by atoms with van der Waals surface area (Å²) in [6.45, 7) is 5.16. The van der Waals surface area contributed by atoms with E-state index in [1.54, 1.807) is 11.3 Å². The van der Waals surface area contributed by atoms with Crippen molar-refractivity contribution in [1.82, 2.24) is 10.4 Å². The van der Waals surface area contributed by atoms with Crippen molar-refractivity contribution in [3.63, 3.8) is 0 Å². The Bertz CT molecular complexity index is 627. The number of esters is 1. The molecule has 0 unspecified atom stereocenters. The van der Waals surface area contributed by atoms with Crippen LogP contribution >= 0.6 is 23.6 Å². The summed E-state index contributed by atoms with van der Waals surface area (Å²) in [5, 5.41) is 6.57. The molecule has 3 rings (SSSR count). The van der Waals surface area contributed by atoms with Crippen molar-refractivity contribution < 1.29 is 14.3 Å². The van der Waals surface area contributed by atoms with Gasteiger partial charge in [0.15, 0.2) is 5.11 Å². The van der Waals surface area contributed by atoms with Gasteiger partial charge in [-0.05, 0) is 50.4 Å². The van der Waals surface area contributed by atoms with Gasteiger partial charge in [-0.2, -0.15) is 0 Å². The SMILES string of the molecule is CCOC(=O)c1c(NC(=S)NN2CCOCC2)sc2c1CCCCC2. The van der Waals surface area contributed by atoms with E-state index < -0.39 is 0 Å². The van der Waals surface area contributed by atoms with E-state index in [0.29, 0.717) is 30.5 Å². The number of hydrogen-bond acceptors (Lipinski definition) is 6. The van der Waals surface area contributed by atoms with Crippen molar-refractivity contribution in [3.05, 3.63) is 16.0 Å². The van der Waals surface area contributed by atoms with E-state index in [1.165, 1.54) is 17.7 Å². The third-order valence-electron chi connectivity index (χ3n) is 4.40. The lowest BCUT2D eigenvalue weighted by Crippen LogP contribution is -2.49. The summed E-state index contributed by atoms with van der Waals surface area (Å²) in [6.07, 6.45) is 5.46. The summed E-state index contributed by atoms with van der Waals surface area (Å²) < 4.78 is 10.6. The molecule has 2 N–H and O–H groups in total. The molecule has 2 heterocycles. The van der Waals surface area contributed by atoms with E-state index in [9.17, 15) is 4.79 Å². The number of ether oxygens (including phenoxy) is 2. The number of hydrogen-bond donors (Lipinski definition) is 2. The van der Waals surface area contributed by atoms with Crippen LogP contribution in [0.25, 0.3) is 0 Å². The van der Waals surface area contributed by atoms with E-state index in [-0.39, 0.29) is 5.97 Å². The van der Waals surface area contributed by atoms with Gasteiger partial charge in [0.25, 0.3) is 0 Å². The fourth-order valence-electron chi connectivity index (χ4n) is 3.20. The third-order valence-corrected chi connectivity index (χ3v) is 5.80. The minimum Gasteiger partial charge on any atom is -0.462 e. The van der Waals surface area contributed by atoms with Crippen LogP contribution in [0.4, 0.5) is 5.00 Å². The number of nitrogens with zero attached hydrogens (tertiary/aromatic N) is 1. The molecule has 0 amide bonds. The number of carbonyl (C=O) groups is 1. The van der Waals surface area contributed by atoms with E-state index >= 15 is 0 Å². The molecular weight excluding hydrogens is 358 g/mol. The molecular formula is C17H25N3O3S2. The number of thiocarbonyl (C=S) groups is 1.